The van der Waals surface area contributed by atoms with Crippen molar-refractivity contribution in [3.05, 3.63) is 58.9 Å². The summed E-state index contributed by atoms with van der Waals surface area (Å²) in [5.74, 6) is 2.36. The van der Waals surface area contributed by atoms with Crippen LogP contribution in [0.1, 0.15) is 71.2 Å². The van der Waals surface area contributed by atoms with E-state index >= 15 is 0 Å². The number of benzene rings is 2. The molecule has 2 heterocycles. The smallest absolute Gasteiger partial charge is 0.410 e. The van der Waals surface area contributed by atoms with Crippen molar-refractivity contribution in [1.82, 2.24) is 14.5 Å². The Hall–Kier alpha value is -2.73. The van der Waals surface area contributed by atoms with Crippen molar-refractivity contribution < 1.29 is 14.3 Å². The molecular formula is C30H40ClN3O3. The van der Waals surface area contributed by atoms with Crippen LogP contribution in [0.15, 0.2) is 42.5 Å². The summed E-state index contributed by atoms with van der Waals surface area (Å²) in [7, 11) is 0. The number of aryl methyl sites for hydroxylation is 2. The maximum Gasteiger partial charge on any atom is 0.410 e. The molecule has 0 N–H and O–H groups in total. The average Bonchev–Trinajstić information content (AvgIpc) is 3.22. The highest BCUT2D eigenvalue weighted by Crippen LogP contribution is 2.27. The molecule has 6 nitrogen and oxygen atoms in total. The molecule has 7 heteroatoms. The maximum absolute atomic E-state index is 12.4. The predicted octanol–water partition coefficient (Wildman–Crippen LogP) is 7.65. The zero-order valence-electron chi connectivity index (χ0n) is 22.6. The summed E-state index contributed by atoms with van der Waals surface area (Å²) in [6.07, 6.45) is 6.16. The van der Waals surface area contributed by atoms with Gasteiger partial charge < -0.3 is 18.9 Å². The minimum absolute atomic E-state index is 0.191. The van der Waals surface area contributed by atoms with Gasteiger partial charge in [-0.2, -0.15) is 0 Å². The molecule has 1 aliphatic rings. The van der Waals surface area contributed by atoms with Gasteiger partial charge in [-0.05, 0) is 94.7 Å². The monoisotopic (exact) mass is 525 g/mol. The molecule has 0 spiro atoms. The van der Waals surface area contributed by atoms with Crippen LogP contribution in [0.4, 0.5) is 4.79 Å². The number of piperidine rings is 1. The molecule has 0 atom stereocenters. The molecule has 0 saturated carbocycles. The second-order valence-electron chi connectivity index (χ2n) is 11.0. The quantitative estimate of drug-likeness (QED) is 0.288. The first-order valence-electron chi connectivity index (χ1n) is 13.6. The fourth-order valence-corrected chi connectivity index (χ4v) is 5.16. The van der Waals surface area contributed by atoms with Crippen LogP contribution in [0.3, 0.4) is 0 Å². The van der Waals surface area contributed by atoms with Crippen molar-refractivity contribution in [2.45, 2.75) is 85.0 Å². The number of halogens is 1. The standard InChI is InChI=1S/C30H40ClN3O3/c1-5-8-23-10-6-11-26-28(23)32-27(21-36-25-14-12-24(31)13-15-25)34(26)18-7-9-22-16-19-33(20-17-22)29(35)37-30(2,3)4/h6,10-15,22H,5,7-9,16-21H2,1-4H3. The number of para-hydroxylation sites is 1. The molecule has 1 aromatic heterocycles. The van der Waals surface area contributed by atoms with Crippen molar-refractivity contribution >= 4 is 28.7 Å². The Morgan fingerprint density at radius 1 is 1.11 bits per heavy atom. The van der Waals surface area contributed by atoms with Crippen molar-refractivity contribution in [3.63, 3.8) is 0 Å². The van der Waals surface area contributed by atoms with E-state index in [4.69, 9.17) is 26.1 Å². The number of ether oxygens (including phenoxy) is 2. The highest BCUT2D eigenvalue weighted by molar-refractivity contribution is 6.30. The van der Waals surface area contributed by atoms with E-state index < -0.39 is 5.60 Å². The molecule has 0 bridgehead atoms. The molecular weight excluding hydrogens is 486 g/mol. The third-order valence-electron chi connectivity index (χ3n) is 6.90. The van der Waals surface area contributed by atoms with Gasteiger partial charge in [0.2, 0.25) is 0 Å². The van der Waals surface area contributed by atoms with Gasteiger partial charge in [-0.15, -0.1) is 0 Å². The van der Waals surface area contributed by atoms with E-state index in [-0.39, 0.29) is 6.09 Å². The van der Waals surface area contributed by atoms with Crippen molar-refractivity contribution in [2.75, 3.05) is 13.1 Å². The lowest BCUT2D eigenvalue weighted by atomic mass is 9.92. The van der Waals surface area contributed by atoms with Gasteiger partial charge in [-0.25, -0.2) is 9.78 Å². The summed E-state index contributed by atoms with van der Waals surface area (Å²) < 4.78 is 14.0. The second-order valence-corrected chi connectivity index (χ2v) is 11.4. The van der Waals surface area contributed by atoms with E-state index in [9.17, 15) is 4.79 Å². The fraction of sp³-hybridized carbons (Fsp3) is 0.533. The van der Waals surface area contributed by atoms with Crippen LogP contribution >= 0.6 is 11.6 Å². The molecule has 3 aromatic rings. The first-order chi connectivity index (χ1) is 17.7. The highest BCUT2D eigenvalue weighted by Gasteiger charge is 2.26. The molecule has 1 amide bonds. The van der Waals surface area contributed by atoms with Crippen molar-refractivity contribution in [1.29, 1.82) is 0 Å². The Morgan fingerprint density at radius 3 is 2.51 bits per heavy atom. The van der Waals surface area contributed by atoms with E-state index in [1.165, 1.54) is 11.1 Å². The molecule has 37 heavy (non-hydrogen) atoms. The molecule has 4 rings (SSSR count). The first kappa shape index (κ1) is 27.3. The largest absolute Gasteiger partial charge is 0.486 e. The fourth-order valence-electron chi connectivity index (χ4n) is 5.03. The second kappa shape index (κ2) is 12.2. The Balaban J connectivity index is 1.39. The van der Waals surface area contributed by atoms with Crippen LogP contribution in [0, 0.1) is 5.92 Å². The van der Waals surface area contributed by atoms with Crippen LogP contribution < -0.4 is 4.74 Å². The summed E-state index contributed by atoms with van der Waals surface area (Å²) in [5, 5.41) is 0.695. The molecule has 0 aliphatic carbocycles. The number of hydrogen-bond donors (Lipinski definition) is 0. The average molecular weight is 526 g/mol. The van der Waals surface area contributed by atoms with Crippen LogP contribution in [0.25, 0.3) is 11.0 Å². The molecule has 200 valence electrons. The number of carbonyl (C=O) groups is 1. The van der Waals surface area contributed by atoms with Crippen LogP contribution in [0.5, 0.6) is 5.75 Å². The Morgan fingerprint density at radius 2 is 1.84 bits per heavy atom. The number of aromatic nitrogens is 2. The van der Waals surface area contributed by atoms with Gasteiger partial charge in [0.15, 0.2) is 0 Å². The summed E-state index contributed by atoms with van der Waals surface area (Å²) in [4.78, 5) is 19.3. The van der Waals surface area contributed by atoms with Gasteiger partial charge in [0.25, 0.3) is 0 Å². The number of likely N-dealkylation sites (tertiary alicyclic amines) is 1. The molecule has 1 fully saturated rings. The summed E-state index contributed by atoms with van der Waals surface area (Å²) in [6, 6.07) is 14.0. The number of fused-ring (bicyclic) bond motifs is 1. The van der Waals surface area contributed by atoms with E-state index in [1.54, 1.807) is 0 Å². The lowest BCUT2D eigenvalue weighted by Gasteiger charge is -2.33. The van der Waals surface area contributed by atoms with E-state index in [0.717, 1.165) is 75.2 Å². The number of amides is 1. The Labute approximate surface area is 225 Å². The summed E-state index contributed by atoms with van der Waals surface area (Å²) in [5.41, 5.74) is 3.11. The molecule has 0 radical (unpaired) electrons. The Kier molecular flexibility index (Phi) is 9.01. The summed E-state index contributed by atoms with van der Waals surface area (Å²) in [6.45, 7) is 10.8. The zero-order chi connectivity index (χ0) is 26.4. The third kappa shape index (κ3) is 7.41. The Bertz CT molecular complexity index is 1180. The molecule has 0 unspecified atom stereocenters. The number of rotatable bonds is 9. The van der Waals surface area contributed by atoms with E-state index in [2.05, 4.69) is 29.7 Å². The zero-order valence-corrected chi connectivity index (χ0v) is 23.4. The molecule has 2 aromatic carbocycles. The number of nitrogens with zero attached hydrogens (tertiary/aromatic N) is 3. The van der Waals surface area contributed by atoms with Crippen LogP contribution in [-0.4, -0.2) is 39.2 Å². The third-order valence-corrected chi connectivity index (χ3v) is 7.15. The SMILES string of the molecule is CCCc1cccc2c1nc(COc1ccc(Cl)cc1)n2CCCC1CCN(C(=O)OC(C)(C)C)CC1. The minimum Gasteiger partial charge on any atom is -0.486 e. The first-order valence-corrected chi connectivity index (χ1v) is 13.9. The van der Waals surface area contributed by atoms with Gasteiger partial charge in [-0.1, -0.05) is 37.1 Å². The van der Waals surface area contributed by atoms with Crippen molar-refractivity contribution in [2.24, 2.45) is 5.92 Å². The maximum atomic E-state index is 12.4. The normalized spacial score (nSPS) is 14.8. The number of hydrogen-bond acceptors (Lipinski definition) is 4. The van der Waals surface area contributed by atoms with Gasteiger partial charge >= 0.3 is 6.09 Å². The molecule has 1 aliphatic heterocycles. The lowest BCUT2D eigenvalue weighted by molar-refractivity contribution is 0.0180. The van der Waals surface area contributed by atoms with E-state index in [1.807, 2.05) is 49.9 Å². The van der Waals surface area contributed by atoms with Gasteiger partial charge in [0.1, 0.15) is 23.8 Å². The lowest BCUT2D eigenvalue weighted by Crippen LogP contribution is -2.41. The van der Waals surface area contributed by atoms with Crippen LogP contribution in [0.2, 0.25) is 5.02 Å². The molecule has 1 saturated heterocycles. The highest BCUT2D eigenvalue weighted by atomic mass is 35.5. The number of imidazole rings is 1. The minimum atomic E-state index is -0.451. The van der Waals surface area contributed by atoms with Crippen molar-refractivity contribution in [3.8, 4) is 5.75 Å². The van der Waals surface area contributed by atoms with Gasteiger partial charge in [0, 0.05) is 24.7 Å². The topological polar surface area (TPSA) is 56.6 Å². The van der Waals surface area contributed by atoms with Crippen LogP contribution in [-0.2, 0) is 24.3 Å². The van der Waals surface area contributed by atoms with E-state index in [0.29, 0.717) is 17.5 Å². The van der Waals surface area contributed by atoms with Gasteiger partial charge in [0.05, 0.1) is 11.0 Å². The number of carbonyl (C=O) groups excluding carboxylic acids is 1. The predicted molar refractivity (Wildman–Crippen MR) is 149 cm³/mol. The summed E-state index contributed by atoms with van der Waals surface area (Å²) >= 11 is 6.03. The van der Waals surface area contributed by atoms with Gasteiger partial charge in [-0.3, -0.25) is 0 Å².